The fraction of sp³-hybridized carbons (Fsp3) is 0.280. The van der Waals surface area contributed by atoms with Gasteiger partial charge in [-0.3, -0.25) is 9.36 Å². The molecule has 0 atom stereocenters. The second kappa shape index (κ2) is 8.42. The third kappa shape index (κ3) is 3.70. The van der Waals surface area contributed by atoms with Crippen LogP contribution in [0.4, 0.5) is 0 Å². The summed E-state index contributed by atoms with van der Waals surface area (Å²) in [5, 5.41) is 17.4. The minimum Gasteiger partial charge on any atom is -0.311 e. The summed E-state index contributed by atoms with van der Waals surface area (Å²) in [6, 6.07) is 16.7. The van der Waals surface area contributed by atoms with Crippen LogP contribution in [0.5, 0.6) is 0 Å². The standard InChI is InChI=1S/C25H26N6O/c1-29(2)28-24-16-19(12-14-30(24)17-32)21-8-6-7-18-15-20(10-11-22(18)21)25-27-26-23-9-4-3-5-13-31(23)25/h6-8,10-12,14-17H,3-5,9,13H2,1-2H3/b28-24-. The number of hydrogen-bond donors (Lipinski definition) is 0. The van der Waals surface area contributed by atoms with Crippen molar-refractivity contribution in [2.45, 2.75) is 32.2 Å². The van der Waals surface area contributed by atoms with E-state index in [4.69, 9.17) is 0 Å². The first-order valence-corrected chi connectivity index (χ1v) is 11.0. The molecule has 0 N–H and O–H groups in total. The molecule has 0 bridgehead atoms. The zero-order valence-corrected chi connectivity index (χ0v) is 18.4. The van der Waals surface area contributed by atoms with E-state index in [1.807, 2.05) is 26.2 Å². The summed E-state index contributed by atoms with van der Waals surface area (Å²) in [6.07, 6.45) is 7.12. The van der Waals surface area contributed by atoms with Gasteiger partial charge in [0.25, 0.3) is 0 Å². The molecule has 0 fully saturated rings. The molecule has 1 aliphatic heterocycles. The van der Waals surface area contributed by atoms with Crippen LogP contribution in [0.1, 0.15) is 25.1 Å². The van der Waals surface area contributed by atoms with Crippen molar-refractivity contribution in [2.75, 3.05) is 14.1 Å². The van der Waals surface area contributed by atoms with Crippen molar-refractivity contribution < 1.29 is 4.79 Å². The number of fused-ring (bicyclic) bond motifs is 2. The number of aryl methyl sites for hydroxylation is 1. The van der Waals surface area contributed by atoms with E-state index in [9.17, 15) is 4.79 Å². The highest BCUT2D eigenvalue weighted by molar-refractivity contribution is 5.98. The molecule has 0 spiro atoms. The quantitative estimate of drug-likeness (QED) is 0.369. The Bertz CT molecular complexity index is 1360. The number of aromatic nitrogens is 4. The van der Waals surface area contributed by atoms with E-state index in [2.05, 4.69) is 56.3 Å². The predicted octanol–water partition coefficient (Wildman–Crippen LogP) is 3.71. The van der Waals surface area contributed by atoms with E-state index in [0.717, 1.165) is 58.5 Å². The number of pyridine rings is 1. The molecular formula is C25H26N6O. The maximum Gasteiger partial charge on any atom is 0.219 e. The van der Waals surface area contributed by atoms with Gasteiger partial charge in [0.2, 0.25) is 6.41 Å². The number of hydrogen-bond acceptors (Lipinski definition) is 5. The Morgan fingerprint density at radius 3 is 2.75 bits per heavy atom. The van der Waals surface area contributed by atoms with Crippen molar-refractivity contribution in [1.82, 2.24) is 24.3 Å². The molecule has 4 aromatic rings. The van der Waals surface area contributed by atoms with Crippen LogP contribution in [0.2, 0.25) is 0 Å². The highest BCUT2D eigenvalue weighted by Crippen LogP contribution is 2.31. The molecule has 1 aliphatic rings. The zero-order chi connectivity index (χ0) is 22.1. The van der Waals surface area contributed by atoms with E-state index in [1.165, 1.54) is 23.8 Å². The Labute approximate surface area is 186 Å². The van der Waals surface area contributed by atoms with Crippen LogP contribution in [-0.2, 0) is 17.8 Å². The molecule has 0 unspecified atom stereocenters. The number of carbonyl (C=O) groups is 1. The lowest BCUT2D eigenvalue weighted by atomic mass is 9.97. The molecule has 162 valence electrons. The van der Waals surface area contributed by atoms with Crippen molar-refractivity contribution in [3.05, 3.63) is 66.0 Å². The second-order valence-corrected chi connectivity index (χ2v) is 8.38. The van der Waals surface area contributed by atoms with Gasteiger partial charge in [0.15, 0.2) is 11.3 Å². The lowest BCUT2D eigenvalue weighted by Crippen LogP contribution is -2.23. The maximum absolute atomic E-state index is 11.4. The van der Waals surface area contributed by atoms with E-state index in [0.29, 0.717) is 5.49 Å². The van der Waals surface area contributed by atoms with Gasteiger partial charge in [-0.15, -0.1) is 10.2 Å². The molecule has 0 aliphatic carbocycles. The van der Waals surface area contributed by atoms with Crippen LogP contribution in [0.3, 0.4) is 0 Å². The van der Waals surface area contributed by atoms with E-state index in [-0.39, 0.29) is 0 Å². The van der Waals surface area contributed by atoms with Crippen molar-refractivity contribution in [2.24, 2.45) is 5.10 Å². The topological polar surface area (TPSA) is 68.3 Å². The van der Waals surface area contributed by atoms with Gasteiger partial charge in [-0.1, -0.05) is 36.8 Å². The van der Waals surface area contributed by atoms with Crippen molar-refractivity contribution >= 4 is 17.2 Å². The fourth-order valence-electron chi connectivity index (χ4n) is 4.41. The highest BCUT2D eigenvalue weighted by atomic mass is 16.1. The van der Waals surface area contributed by atoms with E-state index < -0.39 is 0 Å². The summed E-state index contributed by atoms with van der Waals surface area (Å²) in [5.74, 6) is 2.05. The summed E-state index contributed by atoms with van der Waals surface area (Å²) in [7, 11) is 3.68. The molecule has 0 radical (unpaired) electrons. The highest BCUT2D eigenvalue weighted by Gasteiger charge is 2.16. The van der Waals surface area contributed by atoms with Gasteiger partial charge >= 0.3 is 0 Å². The first kappa shape index (κ1) is 20.2. The first-order chi connectivity index (χ1) is 15.6. The fourth-order valence-corrected chi connectivity index (χ4v) is 4.41. The van der Waals surface area contributed by atoms with Gasteiger partial charge in [-0.05, 0) is 52.9 Å². The first-order valence-electron chi connectivity index (χ1n) is 11.0. The molecule has 3 heterocycles. The third-order valence-electron chi connectivity index (χ3n) is 5.94. The van der Waals surface area contributed by atoms with E-state index >= 15 is 0 Å². The Morgan fingerprint density at radius 1 is 1.00 bits per heavy atom. The lowest BCUT2D eigenvalue weighted by Gasteiger charge is -2.11. The molecule has 0 saturated heterocycles. The molecular weight excluding hydrogens is 400 g/mol. The maximum atomic E-state index is 11.4. The Morgan fingerprint density at radius 2 is 1.91 bits per heavy atom. The molecule has 2 aromatic heterocycles. The minimum absolute atomic E-state index is 0.585. The van der Waals surface area contributed by atoms with Crippen LogP contribution in [0.15, 0.2) is 59.8 Å². The van der Waals surface area contributed by atoms with Crippen LogP contribution in [0, 0.1) is 0 Å². The Kier molecular flexibility index (Phi) is 5.31. The zero-order valence-electron chi connectivity index (χ0n) is 18.4. The van der Waals surface area contributed by atoms with Crippen LogP contribution < -0.4 is 5.49 Å². The van der Waals surface area contributed by atoms with Crippen LogP contribution in [-0.4, -0.2) is 44.8 Å². The average Bonchev–Trinajstić information content (AvgIpc) is 3.06. The third-order valence-corrected chi connectivity index (χ3v) is 5.94. The van der Waals surface area contributed by atoms with Crippen LogP contribution >= 0.6 is 0 Å². The van der Waals surface area contributed by atoms with Gasteiger partial charge in [0, 0.05) is 38.8 Å². The minimum atomic E-state index is 0.585. The number of nitrogens with zero attached hydrogens (tertiary/aromatic N) is 6. The predicted molar refractivity (Wildman–Crippen MR) is 125 cm³/mol. The summed E-state index contributed by atoms with van der Waals surface area (Å²) >= 11 is 0. The van der Waals surface area contributed by atoms with E-state index in [1.54, 1.807) is 11.2 Å². The summed E-state index contributed by atoms with van der Waals surface area (Å²) in [5.41, 5.74) is 3.79. The van der Waals surface area contributed by atoms with Gasteiger partial charge in [-0.2, -0.15) is 5.10 Å². The van der Waals surface area contributed by atoms with Crippen molar-refractivity contribution in [3.63, 3.8) is 0 Å². The van der Waals surface area contributed by atoms with Gasteiger partial charge in [-0.25, -0.2) is 0 Å². The number of carbonyl (C=O) groups excluding carboxylic acids is 1. The molecule has 0 amide bonds. The van der Waals surface area contributed by atoms with Crippen molar-refractivity contribution in [1.29, 1.82) is 0 Å². The Balaban J connectivity index is 1.61. The average molecular weight is 427 g/mol. The normalized spacial score (nSPS) is 14.2. The SMILES string of the molecule is CN(C)/N=c1/cc(-c2cccc3cc(-c4nnc5n4CCCCC5)ccc23)ccn1C=O. The number of benzene rings is 2. The number of rotatable bonds is 4. The summed E-state index contributed by atoms with van der Waals surface area (Å²) in [4.78, 5) is 11.4. The Hall–Kier alpha value is -3.74. The van der Waals surface area contributed by atoms with Crippen LogP contribution in [0.25, 0.3) is 33.3 Å². The molecule has 2 aromatic carbocycles. The molecule has 5 rings (SSSR count). The largest absolute Gasteiger partial charge is 0.311 e. The monoisotopic (exact) mass is 426 g/mol. The molecule has 0 saturated carbocycles. The lowest BCUT2D eigenvalue weighted by molar-refractivity contribution is 0.414. The smallest absolute Gasteiger partial charge is 0.219 e. The summed E-state index contributed by atoms with van der Waals surface area (Å²) < 4.78 is 3.76. The summed E-state index contributed by atoms with van der Waals surface area (Å²) in [6.45, 7) is 0.981. The van der Waals surface area contributed by atoms with Gasteiger partial charge in [0.1, 0.15) is 5.82 Å². The molecule has 32 heavy (non-hydrogen) atoms. The van der Waals surface area contributed by atoms with Gasteiger partial charge < -0.3 is 9.58 Å². The second-order valence-electron chi connectivity index (χ2n) is 8.38. The molecule has 7 heteroatoms. The molecule has 7 nitrogen and oxygen atoms in total. The van der Waals surface area contributed by atoms with Crippen molar-refractivity contribution in [3.8, 4) is 22.5 Å². The van der Waals surface area contributed by atoms with Gasteiger partial charge in [0.05, 0.1) is 0 Å².